The molecule has 1 amide bonds. The molecule has 0 spiro atoms. The molecule has 0 aliphatic rings. The number of carboxylic acids is 1. The molecule has 0 aliphatic heterocycles. The summed E-state index contributed by atoms with van der Waals surface area (Å²) in [6, 6.07) is -1.12. The number of nitrogens with one attached hydrogen (secondary N) is 1. The maximum Gasteiger partial charge on any atom is 0.408 e. The highest BCUT2D eigenvalue weighted by atomic mass is 16.6. The van der Waals surface area contributed by atoms with Crippen LogP contribution in [0.25, 0.3) is 0 Å². The summed E-state index contributed by atoms with van der Waals surface area (Å²) >= 11 is 0. The van der Waals surface area contributed by atoms with Gasteiger partial charge in [-0.15, -0.1) is 0 Å². The largest absolute Gasteiger partial charge is 0.480 e. The van der Waals surface area contributed by atoms with Gasteiger partial charge in [-0.25, -0.2) is 9.59 Å². The van der Waals surface area contributed by atoms with Crippen molar-refractivity contribution in [3.05, 3.63) is 0 Å². The zero-order valence-electron chi connectivity index (χ0n) is 10.5. The summed E-state index contributed by atoms with van der Waals surface area (Å²) < 4.78 is 4.93. The number of hydrogen-bond donors (Lipinski definition) is 2. The van der Waals surface area contributed by atoms with Crippen LogP contribution in [0.5, 0.6) is 0 Å². The summed E-state index contributed by atoms with van der Waals surface area (Å²) in [7, 11) is 0. The summed E-state index contributed by atoms with van der Waals surface area (Å²) in [4.78, 5) is 32.7. The number of hydrogen-bond acceptors (Lipinski definition) is 4. The lowest BCUT2D eigenvalue weighted by Gasteiger charge is -2.22. The minimum Gasteiger partial charge on any atom is -0.480 e. The van der Waals surface area contributed by atoms with Gasteiger partial charge in [-0.2, -0.15) is 0 Å². The fourth-order valence-electron chi connectivity index (χ4n) is 1.10. The van der Waals surface area contributed by atoms with E-state index in [9.17, 15) is 14.4 Å². The molecule has 0 fully saturated rings. The average molecular weight is 245 g/mol. The molecule has 0 aromatic carbocycles. The van der Waals surface area contributed by atoms with Crippen molar-refractivity contribution in [2.75, 3.05) is 0 Å². The zero-order valence-corrected chi connectivity index (χ0v) is 10.5. The number of alkyl carbamates (subject to hydrolysis) is 1. The van der Waals surface area contributed by atoms with Gasteiger partial charge in [-0.1, -0.05) is 6.92 Å². The van der Waals surface area contributed by atoms with Crippen LogP contribution in [0.4, 0.5) is 4.79 Å². The van der Waals surface area contributed by atoms with Gasteiger partial charge < -0.3 is 20.0 Å². The number of carbonyl (C=O) groups excluding carboxylic acids is 2. The van der Waals surface area contributed by atoms with Gasteiger partial charge in [-0.05, 0) is 27.2 Å². The molecule has 0 saturated carbocycles. The van der Waals surface area contributed by atoms with E-state index in [-0.39, 0.29) is 6.42 Å². The molecule has 2 atom stereocenters. The van der Waals surface area contributed by atoms with Crippen LogP contribution >= 0.6 is 0 Å². The van der Waals surface area contributed by atoms with Crippen LogP contribution in [0.1, 0.15) is 34.1 Å². The fraction of sp³-hybridized carbons (Fsp3) is 0.727. The Bertz CT molecular complexity index is 295. The van der Waals surface area contributed by atoms with Gasteiger partial charge in [0.25, 0.3) is 0 Å². The van der Waals surface area contributed by atoms with Crippen molar-refractivity contribution >= 4 is 18.3 Å². The van der Waals surface area contributed by atoms with Crippen molar-refractivity contribution in [1.29, 1.82) is 0 Å². The minimum atomic E-state index is -1.19. The Morgan fingerprint density at radius 2 is 1.94 bits per heavy atom. The van der Waals surface area contributed by atoms with E-state index in [1.54, 1.807) is 27.7 Å². The van der Waals surface area contributed by atoms with Gasteiger partial charge in [-0.3, -0.25) is 0 Å². The standard InChI is InChI=1S/C11H19NO5/c1-7(6-13)5-8(9(14)15)12-10(16)17-11(2,3)4/h6-8H,5H2,1-4H3,(H,12,16)(H,14,15). The first-order chi connectivity index (χ1) is 7.65. The second kappa shape index (κ2) is 6.22. The predicted molar refractivity (Wildman–Crippen MR) is 60.6 cm³/mol. The molecule has 2 N–H and O–H groups in total. The van der Waals surface area contributed by atoms with Crippen LogP contribution < -0.4 is 5.32 Å². The third kappa shape index (κ3) is 7.32. The third-order valence-corrected chi connectivity index (χ3v) is 1.83. The molecule has 0 aromatic rings. The Morgan fingerprint density at radius 3 is 2.29 bits per heavy atom. The molecule has 0 heterocycles. The van der Waals surface area contributed by atoms with Crippen molar-refractivity contribution < 1.29 is 24.2 Å². The summed E-state index contributed by atoms with van der Waals surface area (Å²) in [5, 5.41) is 11.1. The molecule has 17 heavy (non-hydrogen) atoms. The van der Waals surface area contributed by atoms with Crippen molar-refractivity contribution in [2.24, 2.45) is 5.92 Å². The van der Waals surface area contributed by atoms with Crippen molar-refractivity contribution in [2.45, 2.75) is 45.8 Å². The normalized spacial score (nSPS) is 14.6. The number of ether oxygens (including phenoxy) is 1. The molecule has 6 heteroatoms. The number of amides is 1. The van der Waals surface area contributed by atoms with Crippen LogP contribution in [-0.4, -0.2) is 35.1 Å². The lowest BCUT2D eigenvalue weighted by atomic mass is 10.0. The van der Waals surface area contributed by atoms with Crippen molar-refractivity contribution in [3.8, 4) is 0 Å². The first kappa shape index (κ1) is 15.4. The number of rotatable bonds is 5. The van der Waals surface area contributed by atoms with E-state index < -0.39 is 29.6 Å². The van der Waals surface area contributed by atoms with E-state index >= 15 is 0 Å². The maximum atomic E-state index is 11.4. The highest BCUT2D eigenvalue weighted by molar-refractivity contribution is 5.80. The average Bonchev–Trinajstić information content (AvgIpc) is 2.13. The molecule has 0 saturated heterocycles. The van der Waals surface area contributed by atoms with E-state index in [0.29, 0.717) is 6.29 Å². The number of aldehydes is 1. The molecule has 98 valence electrons. The van der Waals surface area contributed by atoms with Gasteiger partial charge in [0.05, 0.1) is 0 Å². The molecule has 0 radical (unpaired) electrons. The van der Waals surface area contributed by atoms with E-state index in [2.05, 4.69) is 5.32 Å². The first-order valence-corrected chi connectivity index (χ1v) is 5.33. The monoisotopic (exact) mass is 245 g/mol. The quantitative estimate of drug-likeness (QED) is 0.710. The minimum absolute atomic E-state index is 0.0398. The Hall–Kier alpha value is -1.59. The summed E-state index contributed by atoms with van der Waals surface area (Å²) in [5.41, 5.74) is -0.691. The molecule has 0 rings (SSSR count). The van der Waals surface area contributed by atoms with Gasteiger partial charge >= 0.3 is 12.1 Å². The van der Waals surface area contributed by atoms with Gasteiger partial charge in [0.1, 0.15) is 17.9 Å². The van der Waals surface area contributed by atoms with E-state index in [4.69, 9.17) is 9.84 Å². The second-order valence-electron chi connectivity index (χ2n) is 4.89. The number of carbonyl (C=O) groups is 3. The van der Waals surface area contributed by atoms with E-state index in [1.807, 2.05) is 0 Å². The summed E-state index contributed by atoms with van der Waals surface area (Å²) in [6.07, 6.45) is -0.117. The van der Waals surface area contributed by atoms with E-state index in [0.717, 1.165) is 0 Å². The Labute approximate surface area is 100 Å². The van der Waals surface area contributed by atoms with Crippen LogP contribution in [0.2, 0.25) is 0 Å². The highest BCUT2D eigenvalue weighted by Crippen LogP contribution is 2.08. The third-order valence-electron chi connectivity index (χ3n) is 1.83. The molecular weight excluding hydrogens is 226 g/mol. The molecule has 0 bridgehead atoms. The highest BCUT2D eigenvalue weighted by Gasteiger charge is 2.25. The topological polar surface area (TPSA) is 92.7 Å². The zero-order chi connectivity index (χ0) is 13.6. The summed E-state index contributed by atoms with van der Waals surface area (Å²) in [6.45, 7) is 6.61. The number of aliphatic carboxylic acids is 1. The molecular formula is C11H19NO5. The van der Waals surface area contributed by atoms with Gasteiger partial charge in [0.15, 0.2) is 0 Å². The molecule has 6 nitrogen and oxygen atoms in total. The van der Waals surface area contributed by atoms with Crippen LogP contribution in [-0.2, 0) is 14.3 Å². The fourth-order valence-corrected chi connectivity index (χ4v) is 1.10. The van der Waals surface area contributed by atoms with E-state index in [1.165, 1.54) is 0 Å². The Balaban J connectivity index is 4.40. The van der Waals surface area contributed by atoms with Crippen molar-refractivity contribution in [1.82, 2.24) is 5.32 Å². The maximum absolute atomic E-state index is 11.4. The van der Waals surface area contributed by atoms with Crippen LogP contribution in [0.15, 0.2) is 0 Å². The van der Waals surface area contributed by atoms with Gasteiger partial charge in [0, 0.05) is 5.92 Å². The van der Waals surface area contributed by atoms with Gasteiger partial charge in [0.2, 0.25) is 0 Å². The Kier molecular flexibility index (Phi) is 5.64. The van der Waals surface area contributed by atoms with Crippen LogP contribution in [0, 0.1) is 5.92 Å². The first-order valence-electron chi connectivity index (χ1n) is 5.33. The smallest absolute Gasteiger partial charge is 0.408 e. The second-order valence-corrected chi connectivity index (χ2v) is 4.89. The molecule has 0 aromatic heterocycles. The van der Waals surface area contributed by atoms with Crippen molar-refractivity contribution in [3.63, 3.8) is 0 Å². The summed E-state index contributed by atoms with van der Waals surface area (Å²) in [5.74, 6) is -1.63. The molecule has 2 unspecified atom stereocenters. The predicted octanol–water partition coefficient (Wildman–Crippen LogP) is 1.19. The Morgan fingerprint density at radius 1 is 1.41 bits per heavy atom. The lowest BCUT2D eigenvalue weighted by Crippen LogP contribution is -2.44. The SMILES string of the molecule is CC(C=O)CC(NC(=O)OC(C)(C)C)C(=O)O. The number of carboxylic acid groups (broad SMARTS) is 1. The molecule has 0 aliphatic carbocycles. The lowest BCUT2D eigenvalue weighted by molar-refractivity contribution is -0.140. The van der Waals surface area contributed by atoms with Crippen LogP contribution in [0.3, 0.4) is 0 Å².